The summed E-state index contributed by atoms with van der Waals surface area (Å²) in [7, 11) is 0. The Balaban J connectivity index is 1.20. The molecule has 0 spiro atoms. The molecule has 29 heavy (non-hydrogen) atoms. The number of aryl methyl sites for hydroxylation is 1. The minimum Gasteiger partial charge on any atom is -0.457 e. The van der Waals surface area contributed by atoms with Crippen molar-refractivity contribution in [3.63, 3.8) is 0 Å². The number of amides is 1. The average molecular weight is 421 g/mol. The molecule has 0 saturated heterocycles. The second-order valence-electron chi connectivity index (χ2n) is 9.05. The highest BCUT2D eigenvalue weighted by atomic mass is 32.2. The van der Waals surface area contributed by atoms with Crippen LogP contribution in [-0.4, -0.2) is 40.4 Å². The second-order valence-corrected chi connectivity index (χ2v) is 10.4. The number of carbonyl (C=O) groups is 3. The van der Waals surface area contributed by atoms with Gasteiger partial charge in [0.05, 0.1) is 11.0 Å². The van der Waals surface area contributed by atoms with Gasteiger partial charge in [-0.05, 0) is 70.1 Å². The van der Waals surface area contributed by atoms with Crippen molar-refractivity contribution in [2.24, 2.45) is 23.2 Å². The van der Waals surface area contributed by atoms with Gasteiger partial charge in [0.2, 0.25) is 5.91 Å². The number of aromatic nitrogens is 1. The molecule has 4 bridgehead atoms. The molecular formula is C21H28N2O5S. The number of thioether (sulfide) groups is 1. The molecule has 158 valence electrons. The minimum atomic E-state index is -0.460. The van der Waals surface area contributed by atoms with Crippen LogP contribution in [0.3, 0.4) is 0 Å². The third kappa shape index (κ3) is 4.52. The molecular weight excluding hydrogens is 392 g/mol. The van der Waals surface area contributed by atoms with Crippen molar-refractivity contribution in [2.45, 2.75) is 57.6 Å². The van der Waals surface area contributed by atoms with Crippen molar-refractivity contribution in [1.82, 2.24) is 5.16 Å². The van der Waals surface area contributed by atoms with Gasteiger partial charge in [-0.15, -0.1) is 11.8 Å². The Kier molecular flexibility index (Phi) is 5.73. The third-order valence-corrected chi connectivity index (χ3v) is 7.81. The number of anilines is 1. The zero-order chi connectivity index (χ0) is 20.6. The standard InChI is InChI=1S/C21H28N2O5S/c1-12-3-18(23-28-12)22-20(26)13(2)29-11-19(25)27-10-17(24)21-7-14-4-15(8-21)6-16(5-14)9-21/h3,13-16H,4-11H2,1-2H3,(H,22,23,26)/t13-,14?,15?,16?,21?/m1/s1. The lowest BCUT2D eigenvalue weighted by Crippen LogP contribution is -2.51. The van der Waals surface area contributed by atoms with Crippen LogP contribution in [0.25, 0.3) is 0 Å². The van der Waals surface area contributed by atoms with Crippen LogP contribution in [-0.2, 0) is 19.1 Å². The van der Waals surface area contributed by atoms with Gasteiger partial charge in [0, 0.05) is 11.5 Å². The molecule has 0 unspecified atom stereocenters. The molecule has 7 nitrogen and oxygen atoms in total. The molecule has 1 heterocycles. The predicted molar refractivity (Wildman–Crippen MR) is 108 cm³/mol. The first-order chi connectivity index (χ1) is 13.8. The summed E-state index contributed by atoms with van der Waals surface area (Å²) in [5.74, 6) is 2.42. The molecule has 1 atom stereocenters. The van der Waals surface area contributed by atoms with Gasteiger partial charge < -0.3 is 14.6 Å². The van der Waals surface area contributed by atoms with E-state index in [1.165, 1.54) is 31.0 Å². The maximum Gasteiger partial charge on any atom is 0.316 e. The lowest BCUT2D eigenvalue weighted by molar-refractivity contribution is -0.156. The number of hydrogen-bond donors (Lipinski definition) is 1. The molecule has 0 aliphatic heterocycles. The minimum absolute atomic E-state index is 0.0284. The lowest BCUT2D eigenvalue weighted by atomic mass is 9.48. The van der Waals surface area contributed by atoms with Crippen LogP contribution in [0.4, 0.5) is 5.82 Å². The van der Waals surface area contributed by atoms with Crippen molar-refractivity contribution in [2.75, 3.05) is 17.7 Å². The summed E-state index contributed by atoms with van der Waals surface area (Å²) >= 11 is 1.17. The molecule has 1 N–H and O–H groups in total. The summed E-state index contributed by atoms with van der Waals surface area (Å²) in [6.45, 7) is 3.31. The van der Waals surface area contributed by atoms with E-state index in [9.17, 15) is 14.4 Å². The van der Waals surface area contributed by atoms with Crippen molar-refractivity contribution in [3.05, 3.63) is 11.8 Å². The summed E-state index contributed by atoms with van der Waals surface area (Å²) in [5, 5.41) is 5.89. The van der Waals surface area contributed by atoms with E-state index in [2.05, 4.69) is 10.5 Å². The normalized spacial score (nSPS) is 30.8. The predicted octanol–water partition coefficient (Wildman–Crippen LogP) is 3.37. The van der Waals surface area contributed by atoms with E-state index in [1.807, 2.05) is 0 Å². The number of carbonyl (C=O) groups excluding carboxylic acids is 3. The van der Waals surface area contributed by atoms with E-state index in [4.69, 9.17) is 9.26 Å². The van der Waals surface area contributed by atoms with Gasteiger partial charge in [0.25, 0.3) is 0 Å². The Morgan fingerprint density at radius 2 is 1.86 bits per heavy atom. The Bertz CT molecular complexity index is 769. The van der Waals surface area contributed by atoms with Gasteiger partial charge in [-0.2, -0.15) is 0 Å². The zero-order valence-electron chi connectivity index (χ0n) is 16.9. The van der Waals surface area contributed by atoms with Gasteiger partial charge in [0.1, 0.15) is 5.76 Å². The van der Waals surface area contributed by atoms with Crippen molar-refractivity contribution in [3.8, 4) is 0 Å². The fourth-order valence-corrected chi connectivity index (χ4v) is 6.39. The van der Waals surface area contributed by atoms with Crippen LogP contribution in [0.1, 0.15) is 51.2 Å². The van der Waals surface area contributed by atoms with Crippen molar-refractivity contribution in [1.29, 1.82) is 0 Å². The first kappa shape index (κ1) is 20.4. The van der Waals surface area contributed by atoms with Crippen LogP contribution < -0.4 is 5.32 Å². The number of Topliss-reactive ketones (excluding diaryl/α,β-unsaturated/α-hetero) is 1. The highest BCUT2D eigenvalue weighted by Gasteiger charge is 2.54. The van der Waals surface area contributed by atoms with Crippen LogP contribution in [0.5, 0.6) is 0 Å². The SMILES string of the molecule is Cc1cc(NC(=O)[C@@H](C)SCC(=O)OCC(=O)C23CC4CC(CC(C4)C2)C3)no1. The Hall–Kier alpha value is -1.83. The molecule has 4 saturated carbocycles. The molecule has 4 aliphatic carbocycles. The van der Waals surface area contributed by atoms with Gasteiger partial charge in [0.15, 0.2) is 18.2 Å². The van der Waals surface area contributed by atoms with E-state index in [1.54, 1.807) is 19.9 Å². The molecule has 8 heteroatoms. The summed E-state index contributed by atoms with van der Waals surface area (Å²) in [6, 6.07) is 1.62. The third-order valence-electron chi connectivity index (χ3n) is 6.69. The molecule has 0 radical (unpaired) electrons. The molecule has 1 aromatic rings. The van der Waals surface area contributed by atoms with Crippen LogP contribution in [0, 0.1) is 30.1 Å². The summed E-state index contributed by atoms with van der Waals surface area (Å²) in [4.78, 5) is 37.1. The van der Waals surface area contributed by atoms with E-state index >= 15 is 0 Å². The van der Waals surface area contributed by atoms with Gasteiger partial charge in [-0.3, -0.25) is 14.4 Å². The van der Waals surface area contributed by atoms with Gasteiger partial charge >= 0.3 is 5.97 Å². The van der Waals surface area contributed by atoms with Gasteiger partial charge in [-0.1, -0.05) is 5.16 Å². The number of esters is 1. The second kappa shape index (κ2) is 8.13. The molecule has 4 aliphatic rings. The topological polar surface area (TPSA) is 98.5 Å². The first-order valence-corrected chi connectivity index (χ1v) is 11.4. The van der Waals surface area contributed by atoms with Crippen LogP contribution in [0.2, 0.25) is 0 Å². The zero-order valence-corrected chi connectivity index (χ0v) is 17.8. The number of nitrogens with one attached hydrogen (secondary N) is 1. The molecule has 5 rings (SSSR count). The first-order valence-electron chi connectivity index (χ1n) is 10.4. The molecule has 1 amide bonds. The van der Waals surface area contributed by atoms with E-state index in [-0.39, 0.29) is 29.5 Å². The lowest BCUT2D eigenvalue weighted by Gasteiger charge is -2.55. The Morgan fingerprint density at radius 3 is 2.41 bits per heavy atom. The average Bonchev–Trinajstić information content (AvgIpc) is 3.07. The summed E-state index contributed by atoms with van der Waals surface area (Å²) in [5.41, 5.74) is -0.245. The smallest absolute Gasteiger partial charge is 0.316 e. The van der Waals surface area contributed by atoms with E-state index < -0.39 is 11.2 Å². The summed E-state index contributed by atoms with van der Waals surface area (Å²) < 4.78 is 10.2. The molecule has 1 aromatic heterocycles. The number of ether oxygens (including phenoxy) is 1. The van der Waals surface area contributed by atoms with Gasteiger partial charge in [-0.25, -0.2) is 0 Å². The van der Waals surface area contributed by atoms with Crippen LogP contribution in [0.15, 0.2) is 10.6 Å². The van der Waals surface area contributed by atoms with E-state index in [0.717, 1.165) is 19.3 Å². The maximum atomic E-state index is 12.9. The van der Waals surface area contributed by atoms with Crippen molar-refractivity contribution >= 4 is 35.2 Å². The summed E-state index contributed by atoms with van der Waals surface area (Å²) in [6.07, 6.45) is 6.75. The number of hydrogen-bond acceptors (Lipinski definition) is 7. The molecule has 4 fully saturated rings. The van der Waals surface area contributed by atoms with E-state index in [0.29, 0.717) is 29.3 Å². The highest BCUT2D eigenvalue weighted by Crippen LogP contribution is 2.60. The quantitative estimate of drug-likeness (QED) is 0.644. The Labute approximate surface area is 174 Å². The number of rotatable bonds is 8. The van der Waals surface area contributed by atoms with Crippen molar-refractivity contribution < 1.29 is 23.6 Å². The largest absolute Gasteiger partial charge is 0.457 e. The van der Waals surface area contributed by atoms with Crippen LogP contribution >= 0.6 is 11.8 Å². The fraction of sp³-hybridized carbons (Fsp3) is 0.714. The number of ketones is 1. The molecule has 0 aromatic carbocycles. The maximum absolute atomic E-state index is 12.9. The fourth-order valence-electron chi connectivity index (χ4n) is 5.71. The number of nitrogens with zero attached hydrogens (tertiary/aromatic N) is 1. The monoisotopic (exact) mass is 420 g/mol. The highest BCUT2D eigenvalue weighted by molar-refractivity contribution is 8.01. The Morgan fingerprint density at radius 1 is 1.24 bits per heavy atom.